The number of rotatable bonds is 3. The Balaban J connectivity index is 1.97. The lowest BCUT2D eigenvalue weighted by Gasteiger charge is -2.13. The van der Waals surface area contributed by atoms with Crippen LogP contribution in [-0.4, -0.2) is 44.8 Å². The molecule has 2 aromatic carbocycles. The predicted octanol–water partition coefficient (Wildman–Crippen LogP) is 3.06. The molecule has 1 heterocycles. The number of hydrazone groups is 1. The highest BCUT2D eigenvalue weighted by Gasteiger charge is 2.32. The number of hydrogen-bond acceptors (Lipinski definition) is 4. The molecule has 5 nitrogen and oxygen atoms in total. The number of nitrogens with zero attached hydrogens (tertiary/aromatic N) is 4. The molecule has 0 saturated heterocycles. The van der Waals surface area contributed by atoms with E-state index in [4.69, 9.17) is 0 Å². The van der Waals surface area contributed by atoms with Crippen LogP contribution in [0.5, 0.6) is 0 Å². The van der Waals surface area contributed by atoms with Crippen LogP contribution >= 0.6 is 0 Å². The molecule has 5 heteroatoms. The molecule has 0 spiro atoms. The number of hydrogen-bond donors (Lipinski definition) is 0. The molecule has 1 aliphatic heterocycles. The minimum Gasteiger partial charge on any atom is -0.378 e. The van der Waals surface area contributed by atoms with Crippen molar-refractivity contribution in [3.8, 4) is 0 Å². The Labute approximate surface area is 148 Å². The molecule has 128 valence electrons. The van der Waals surface area contributed by atoms with Gasteiger partial charge in [0.1, 0.15) is 0 Å². The molecule has 2 aromatic rings. The summed E-state index contributed by atoms with van der Waals surface area (Å²) in [6.07, 6.45) is 1.89. The lowest BCUT2D eigenvalue weighted by Crippen LogP contribution is -2.24. The fraction of sp³-hybridized carbons (Fsp3) is 0.200. The number of benzene rings is 2. The molecule has 0 N–H and O–H groups in total. The van der Waals surface area contributed by atoms with Gasteiger partial charge in [-0.1, -0.05) is 30.3 Å². The van der Waals surface area contributed by atoms with Gasteiger partial charge in [0.25, 0.3) is 5.91 Å². The Bertz CT molecular complexity index is 821. The Morgan fingerprint density at radius 1 is 0.880 bits per heavy atom. The first-order chi connectivity index (χ1) is 12.0. The van der Waals surface area contributed by atoms with Crippen molar-refractivity contribution in [2.75, 3.05) is 38.1 Å². The Hall–Kier alpha value is -3.08. The van der Waals surface area contributed by atoms with E-state index in [0.717, 1.165) is 16.9 Å². The number of carbonyl (C=O) groups excluding carboxylic acids is 1. The molecule has 0 fully saturated rings. The molecule has 1 aliphatic rings. The molecule has 0 aliphatic carbocycles. The minimum absolute atomic E-state index is 0.119. The van der Waals surface area contributed by atoms with Gasteiger partial charge in [0.15, 0.2) is 5.84 Å². The summed E-state index contributed by atoms with van der Waals surface area (Å²) in [5, 5.41) is 5.97. The number of anilines is 2. The molecule has 25 heavy (non-hydrogen) atoms. The zero-order valence-electron chi connectivity index (χ0n) is 15.0. The van der Waals surface area contributed by atoms with E-state index in [9.17, 15) is 4.79 Å². The van der Waals surface area contributed by atoms with Gasteiger partial charge >= 0.3 is 0 Å². The lowest BCUT2D eigenvalue weighted by atomic mass is 10.1. The van der Waals surface area contributed by atoms with E-state index < -0.39 is 0 Å². The van der Waals surface area contributed by atoms with Gasteiger partial charge in [-0.15, -0.1) is 5.10 Å². The minimum atomic E-state index is -0.119. The smallest absolute Gasteiger partial charge is 0.282 e. The zero-order chi connectivity index (χ0) is 18.0. The van der Waals surface area contributed by atoms with E-state index in [0.29, 0.717) is 11.4 Å². The van der Waals surface area contributed by atoms with Gasteiger partial charge in [-0.2, -0.15) is 5.01 Å². The maximum absolute atomic E-state index is 12.9. The highest BCUT2D eigenvalue weighted by molar-refractivity contribution is 6.31. The summed E-state index contributed by atoms with van der Waals surface area (Å²) in [5.74, 6) is 0.539. The first-order valence-electron chi connectivity index (χ1n) is 8.12. The van der Waals surface area contributed by atoms with Crippen LogP contribution in [0.3, 0.4) is 0 Å². The summed E-state index contributed by atoms with van der Waals surface area (Å²) in [7, 11) is 7.79. The Morgan fingerprint density at radius 3 is 2.08 bits per heavy atom. The summed E-state index contributed by atoms with van der Waals surface area (Å²) in [4.78, 5) is 16.8. The Morgan fingerprint density at radius 2 is 1.52 bits per heavy atom. The maximum Gasteiger partial charge on any atom is 0.282 e. The average molecular weight is 334 g/mol. The van der Waals surface area contributed by atoms with Crippen molar-refractivity contribution < 1.29 is 4.79 Å². The standard InChI is InChI=1S/C20H22N4O/c1-22(2)16-12-10-15(11-13-16)14-18-19(23(3)4)21-24(20(18)25)17-8-6-5-7-9-17/h5-14H,1-4H3. The van der Waals surface area contributed by atoms with E-state index >= 15 is 0 Å². The molecule has 0 radical (unpaired) electrons. The van der Waals surface area contributed by atoms with E-state index in [1.54, 1.807) is 0 Å². The third kappa shape index (κ3) is 3.40. The SMILES string of the molecule is CN(C)C1=NN(c2ccccc2)C(=O)C1=Cc1ccc(N(C)C)cc1. The lowest BCUT2D eigenvalue weighted by molar-refractivity contribution is -0.114. The third-order valence-corrected chi connectivity index (χ3v) is 4.00. The second-order valence-corrected chi connectivity index (χ2v) is 6.31. The molecule has 0 aromatic heterocycles. The van der Waals surface area contributed by atoms with Crippen LogP contribution in [0.15, 0.2) is 65.3 Å². The summed E-state index contributed by atoms with van der Waals surface area (Å²) in [6.45, 7) is 0. The molecule has 0 atom stereocenters. The van der Waals surface area contributed by atoms with E-state index in [2.05, 4.69) is 5.10 Å². The normalized spacial score (nSPS) is 15.5. The fourth-order valence-corrected chi connectivity index (χ4v) is 2.64. The van der Waals surface area contributed by atoms with Crippen molar-refractivity contribution in [1.29, 1.82) is 0 Å². The van der Waals surface area contributed by atoms with E-state index in [1.807, 2.05) is 98.7 Å². The highest BCUT2D eigenvalue weighted by atomic mass is 16.2. The molecule has 1 amide bonds. The van der Waals surface area contributed by atoms with E-state index in [1.165, 1.54) is 5.01 Å². The van der Waals surface area contributed by atoms with Crippen LogP contribution < -0.4 is 9.91 Å². The summed E-state index contributed by atoms with van der Waals surface area (Å²) in [6, 6.07) is 17.6. The van der Waals surface area contributed by atoms with Gasteiger partial charge in [0.05, 0.1) is 11.3 Å². The quantitative estimate of drug-likeness (QED) is 0.810. The number of carbonyl (C=O) groups is 1. The van der Waals surface area contributed by atoms with Crippen LogP contribution in [0.4, 0.5) is 11.4 Å². The monoisotopic (exact) mass is 334 g/mol. The molecular weight excluding hydrogens is 312 g/mol. The van der Waals surface area contributed by atoms with Crippen molar-refractivity contribution >= 4 is 29.2 Å². The molecule has 0 unspecified atom stereocenters. The van der Waals surface area contributed by atoms with Crippen molar-refractivity contribution in [2.24, 2.45) is 5.10 Å². The molecule has 3 rings (SSSR count). The summed E-state index contributed by atoms with van der Waals surface area (Å²) >= 11 is 0. The van der Waals surface area contributed by atoms with Gasteiger partial charge in [0.2, 0.25) is 0 Å². The fourth-order valence-electron chi connectivity index (χ4n) is 2.64. The van der Waals surface area contributed by atoms with Crippen LogP contribution in [0, 0.1) is 0 Å². The Kier molecular flexibility index (Phi) is 4.57. The van der Waals surface area contributed by atoms with Gasteiger partial charge in [-0.3, -0.25) is 4.79 Å². The number of para-hydroxylation sites is 1. The van der Waals surface area contributed by atoms with Crippen molar-refractivity contribution in [2.45, 2.75) is 0 Å². The van der Waals surface area contributed by atoms with Crippen molar-refractivity contribution in [3.05, 3.63) is 65.7 Å². The molecular formula is C20H22N4O. The van der Waals surface area contributed by atoms with Crippen molar-refractivity contribution in [1.82, 2.24) is 4.90 Å². The third-order valence-electron chi connectivity index (χ3n) is 4.00. The molecule has 0 bridgehead atoms. The first kappa shape index (κ1) is 16.8. The van der Waals surface area contributed by atoms with Crippen LogP contribution in [0.25, 0.3) is 6.08 Å². The number of amides is 1. The average Bonchev–Trinajstić information content (AvgIpc) is 2.93. The topological polar surface area (TPSA) is 39.1 Å². The zero-order valence-corrected chi connectivity index (χ0v) is 15.0. The highest BCUT2D eigenvalue weighted by Crippen LogP contribution is 2.26. The van der Waals surface area contributed by atoms with Crippen LogP contribution in [-0.2, 0) is 4.79 Å². The second kappa shape index (κ2) is 6.81. The summed E-state index contributed by atoms with van der Waals surface area (Å²) in [5.41, 5.74) is 3.44. The number of likely N-dealkylation sites (N-methyl/N-ethyl adjacent to an activating group) is 1. The maximum atomic E-state index is 12.9. The van der Waals surface area contributed by atoms with Gasteiger partial charge < -0.3 is 9.80 Å². The second-order valence-electron chi connectivity index (χ2n) is 6.31. The van der Waals surface area contributed by atoms with Gasteiger partial charge in [0, 0.05) is 33.9 Å². The van der Waals surface area contributed by atoms with Gasteiger partial charge in [-0.25, -0.2) is 0 Å². The van der Waals surface area contributed by atoms with Crippen LogP contribution in [0.2, 0.25) is 0 Å². The largest absolute Gasteiger partial charge is 0.378 e. The van der Waals surface area contributed by atoms with Crippen molar-refractivity contribution in [3.63, 3.8) is 0 Å². The van der Waals surface area contributed by atoms with Crippen LogP contribution in [0.1, 0.15) is 5.56 Å². The number of amidine groups is 1. The predicted molar refractivity (Wildman–Crippen MR) is 104 cm³/mol. The first-order valence-corrected chi connectivity index (χ1v) is 8.12. The van der Waals surface area contributed by atoms with Gasteiger partial charge in [-0.05, 0) is 35.9 Å². The molecule has 0 saturated carbocycles. The summed E-state index contributed by atoms with van der Waals surface area (Å²) < 4.78 is 0. The van der Waals surface area contributed by atoms with E-state index in [-0.39, 0.29) is 5.91 Å².